The molecule has 0 aliphatic carbocycles. The van der Waals surface area contributed by atoms with Gasteiger partial charge in [-0.1, -0.05) is 30.3 Å². The average molecular weight is 283 g/mol. The molecule has 2 aliphatic rings. The predicted molar refractivity (Wildman–Crippen MR) is 72.0 cm³/mol. The van der Waals surface area contributed by atoms with E-state index in [1.165, 1.54) is 18.5 Å². The number of piperazine rings is 1. The first-order valence-corrected chi connectivity index (χ1v) is 5.87. The van der Waals surface area contributed by atoms with Gasteiger partial charge in [0.2, 0.25) is 0 Å². The van der Waals surface area contributed by atoms with E-state index >= 15 is 0 Å². The summed E-state index contributed by atoms with van der Waals surface area (Å²) in [6, 6.07) is 13.0. The molecule has 2 nitrogen and oxygen atoms in total. The number of fused-ring (bicyclic) bond motifs is 2. The first-order chi connectivity index (χ1) is 7.34. The lowest BCUT2D eigenvalue weighted by atomic mass is 10.1. The highest BCUT2D eigenvalue weighted by molar-refractivity contribution is 8.93. The van der Waals surface area contributed by atoms with E-state index in [1.807, 2.05) is 0 Å². The number of hydrogen-bond donors (Lipinski definition) is 1. The number of likely N-dealkylation sites (tertiary alicyclic amines) is 1. The molecule has 3 heteroatoms. The van der Waals surface area contributed by atoms with E-state index in [9.17, 15) is 0 Å². The van der Waals surface area contributed by atoms with Gasteiger partial charge in [0, 0.05) is 31.2 Å². The number of nitrogens with zero attached hydrogens (tertiary/aromatic N) is 1. The molecule has 1 N–H and O–H groups in total. The Morgan fingerprint density at radius 3 is 2.69 bits per heavy atom. The zero-order chi connectivity index (χ0) is 10.3. The van der Waals surface area contributed by atoms with Crippen molar-refractivity contribution in [1.29, 1.82) is 0 Å². The second-order valence-electron chi connectivity index (χ2n) is 4.80. The topological polar surface area (TPSA) is 15.3 Å². The van der Waals surface area contributed by atoms with E-state index in [0.717, 1.165) is 18.6 Å². The van der Waals surface area contributed by atoms with Gasteiger partial charge >= 0.3 is 0 Å². The molecule has 1 aromatic rings. The standard InChI is InChI=1S/C13H18N2.BrH/c1-10-13-7-12(8-14-13)15(10)9-11-5-3-2-4-6-11;/h2-6,10,12-14H,7-9H2,1H3;1H/t10-,12-,13+;/m0./s1. The Hall–Kier alpha value is -0.380. The van der Waals surface area contributed by atoms with Gasteiger partial charge in [0.05, 0.1) is 0 Å². The van der Waals surface area contributed by atoms with Crippen LogP contribution in [0.1, 0.15) is 18.9 Å². The van der Waals surface area contributed by atoms with Crippen LogP contribution >= 0.6 is 17.0 Å². The fourth-order valence-electron chi connectivity index (χ4n) is 3.00. The van der Waals surface area contributed by atoms with Crippen LogP contribution in [0, 0.1) is 0 Å². The fraction of sp³-hybridized carbons (Fsp3) is 0.538. The van der Waals surface area contributed by atoms with Crippen molar-refractivity contribution in [2.45, 2.75) is 38.0 Å². The van der Waals surface area contributed by atoms with Gasteiger partial charge in [0.1, 0.15) is 0 Å². The van der Waals surface area contributed by atoms with Gasteiger partial charge in [-0.2, -0.15) is 0 Å². The number of benzene rings is 1. The van der Waals surface area contributed by atoms with Crippen molar-refractivity contribution in [1.82, 2.24) is 10.2 Å². The molecule has 2 aliphatic heterocycles. The van der Waals surface area contributed by atoms with E-state index in [2.05, 4.69) is 47.5 Å². The second-order valence-corrected chi connectivity index (χ2v) is 4.80. The molecule has 3 atom stereocenters. The van der Waals surface area contributed by atoms with Crippen molar-refractivity contribution >= 4 is 17.0 Å². The summed E-state index contributed by atoms with van der Waals surface area (Å²) in [6.07, 6.45) is 1.34. The van der Waals surface area contributed by atoms with Crippen LogP contribution in [-0.2, 0) is 6.54 Å². The maximum absolute atomic E-state index is 3.58. The molecule has 0 amide bonds. The molecular formula is C13H19BrN2. The second kappa shape index (κ2) is 4.86. The molecule has 1 aromatic carbocycles. The molecule has 2 bridgehead atoms. The Kier molecular flexibility index (Phi) is 3.67. The molecule has 88 valence electrons. The van der Waals surface area contributed by atoms with E-state index in [0.29, 0.717) is 6.04 Å². The van der Waals surface area contributed by atoms with E-state index < -0.39 is 0 Å². The lowest BCUT2D eigenvalue weighted by Gasteiger charge is -2.33. The molecule has 0 spiro atoms. The third-order valence-electron chi connectivity index (χ3n) is 3.92. The van der Waals surface area contributed by atoms with Crippen molar-refractivity contribution in [3.8, 4) is 0 Å². The van der Waals surface area contributed by atoms with Crippen LogP contribution in [0.3, 0.4) is 0 Å². The third kappa shape index (κ3) is 2.04. The predicted octanol–water partition coefficient (Wildman–Crippen LogP) is 2.20. The number of nitrogens with one attached hydrogen (secondary N) is 1. The van der Waals surface area contributed by atoms with Gasteiger partial charge in [0.25, 0.3) is 0 Å². The van der Waals surface area contributed by atoms with Gasteiger partial charge in [-0.15, -0.1) is 17.0 Å². The fourth-order valence-corrected chi connectivity index (χ4v) is 3.00. The minimum Gasteiger partial charge on any atom is -0.311 e. The molecule has 2 fully saturated rings. The summed E-state index contributed by atoms with van der Waals surface area (Å²) >= 11 is 0. The van der Waals surface area contributed by atoms with Gasteiger partial charge < -0.3 is 5.32 Å². The van der Waals surface area contributed by atoms with Crippen LogP contribution in [0.25, 0.3) is 0 Å². The summed E-state index contributed by atoms with van der Waals surface area (Å²) < 4.78 is 0. The third-order valence-corrected chi connectivity index (χ3v) is 3.92. The van der Waals surface area contributed by atoms with Gasteiger partial charge in [0.15, 0.2) is 0 Å². The molecule has 3 rings (SSSR count). The first-order valence-electron chi connectivity index (χ1n) is 5.87. The summed E-state index contributed by atoms with van der Waals surface area (Å²) in [5, 5.41) is 3.58. The largest absolute Gasteiger partial charge is 0.311 e. The lowest BCUT2D eigenvalue weighted by molar-refractivity contribution is 0.157. The summed E-state index contributed by atoms with van der Waals surface area (Å²) in [7, 11) is 0. The van der Waals surface area contributed by atoms with Crippen molar-refractivity contribution in [2.75, 3.05) is 6.54 Å². The summed E-state index contributed by atoms with van der Waals surface area (Å²) in [4.78, 5) is 2.65. The molecule has 0 radical (unpaired) electrons. The number of rotatable bonds is 2. The maximum atomic E-state index is 3.58. The average Bonchev–Trinajstić information content (AvgIpc) is 2.84. The SMILES string of the molecule is Br.C[C@H]1[C@H]2C[C@@H](CN2)N1Cc1ccccc1. The monoisotopic (exact) mass is 282 g/mol. The zero-order valence-corrected chi connectivity index (χ0v) is 11.3. The van der Waals surface area contributed by atoms with Crippen molar-refractivity contribution in [3.05, 3.63) is 35.9 Å². The van der Waals surface area contributed by atoms with Crippen LogP contribution in [0.2, 0.25) is 0 Å². The molecule has 2 saturated heterocycles. The molecule has 0 aromatic heterocycles. The molecule has 0 unspecified atom stereocenters. The van der Waals surface area contributed by atoms with Crippen LogP contribution in [0.4, 0.5) is 0 Å². The maximum Gasteiger partial charge on any atom is 0.0243 e. The number of hydrogen-bond acceptors (Lipinski definition) is 2. The molecule has 2 heterocycles. The quantitative estimate of drug-likeness (QED) is 0.895. The minimum atomic E-state index is 0. The van der Waals surface area contributed by atoms with E-state index in [4.69, 9.17) is 0 Å². The Morgan fingerprint density at radius 1 is 1.31 bits per heavy atom. The Bertz CT molecular complexity index is 339. The smallest absolute Gasteiger partial charge is 0.0243 e. The minimum absolute atomic E-state index is 0. The van der Waals surface area contributed by atoms with Crippen LogP contribution in [0.5, 0.6) is 0 Å². The molecule has 16 heavy (non-hydrogen) atoms. The van der Waals surface area contributed by atoms with Crippen LogP contribution in [-0.4, -0.2) is 29.6 Å². The van der Waals surface area contributed by atoms with Crippen molar-refractivity contribution < 1.29 is 0 Å². The Labute approximate surface area is 108 Å². The Balaban J connectivity index is 0.000000963. The van der Waals surface area contributed by atoms with E-state index in [-0.39, 0.29) is 17.0 Å². The Morgan fingerprint density at radius 2 is 2.06 bits per heavy atom. The lowest BCUT2D eigenvalue weighted by Crippen LogP contribution is -2.49. The highest BCUT2D eigenvalue weighted by Gasteiger charge is 2.42. The van der Waals surface area contributed by atoms with Crippen molar-refractivity contribution in [2.24, 2.45) is 0 Å². The summed E-state index contributed by atoms with van der Waals surface area (Å²) in [5.41, 5.74) is 1.44. The van der Waals surface area contributed by atoms with Gasteiger partial charge in [-0.3, -0.25) is 4.90 Å². The van der Waals surface area contributed by atoms with Crippen LogP contribution < -0.4 is 5.32 Å². The molecule has 0 saturated carbocycles. The van der Waals surface area contributed by atoms with Crippen LogP contribution in [0.15, 0.2) is 30.3 Å². The summed E-state index contributed by atoms with van der Waals surface area (Å²) in [5.74, 6) is 0. The molecular weight excluding hydrogens is 264 g/mol. The van der Waals surface area contributed by atoms with Gasteiger partial charge in [-0.25, -0.2) is 0 Å². The highest BCUT2D eigenvalue weighted by Crippen LogP contribution is 2.30. The highest BCUT2D eigenvalue weighted by atomic mass is 79.9. The van der Waals surface area contributed by atoms with Crippen molar-refractivity contribution in [3.63, 3.8) is 0 Å². The van der Waals surface area contributed by atoms with Gasteiger partial charge in [-0.05, 0) is 18.9 Å². The van der Waals surface area contributed by atoms with E-state index in [1.54, 1.807) is 0 Å². The number of halogens is 1. The summed E-state index contributed by atoms with van der Waals surface area (Å²) in [6.45, 7) is 4.65. The zero-order valence-electron chi connectivity index (χ0n) is 9.60. The first kappa shape index (κ1) is 12.1. The normalized spacial score (nSPS) is 32.7.